The van der Waals surface area contributed by atoms with Gasteiger partial charge in [-0.2, -0.15) is 0 Å². The smallest absolute Gasteiger partial charge is 0.462 e. The number of unbranched alkanes of at least 4 members (excludes halogenated alkanes) is 3. The zero-order chi connectivity index (χ0) is 11.8. The van der Waals surface area contributed by atoms with E-state index in [0.717, 1.165) is 25.7 Å². The molecule has 0 aromatic carbocycles. The zero-order valence-corrected chi connectivity index (χ0v) is 9.57. The van der Waals surface area contributed by atoms with Gasteiger partial charge in [-0.15, -0.1) is 0 Å². The van der Waals surface area contributed by atoms with E-state index >= 15 is 0 Å². The second-order valence-corrected chi connectivity index (χ2v) is 3.79. The first-order valence-corrected chi connectivity index (χ1v) is 5.71. The minimum absolute atomic E-state index is 0.0956. The van der Waals surface area contributed by atoms with Crippen LogP contribution in [0.5, 0.6) is 0 Å². The molecule has 1 saturated heterocycles. The minimum Gasteiger partial charge on any atom is -0.462 e. The van der Waals surface area contributed by atoms with Gasteiger partial charge in [0.15, 0.2) is 6.10 Å². The molecule has 5 heteroatoms. The van der Waals surface area contributed by atoms with Gasteiger partial charge < -0.3 is 14.2 Å². The van der Waals surface area contributed by atoms with Crippen molar-refractivity contribution in [2.45, 2.75) is 45.1 Å². The highest BCUT2D eigenvalue weighted by Crippen LogP contribution is 2.08. The molecule has 0 aromatic heterocycles. The number of carbonyl (C=O) groups excluding carboxylic acids is 2. The topological polar surface area (TPSA) is 61.8 Å². The SMILES string of the molecule is CCCCCCC(=O)OCC1COC(=O)O1. The van der Waals surface area contributed by atoms with Crippen molar-refractivity contribution in [2.24, 2.45) is 0 Å². The van der Waals surface area contributed by atoms with Crippen LogP contribution in [0.3, 0.4) is 0 Å². The maximum Gasteiger partial charge on any atom is 0.508 e. The Balaban J connectivity index is 1.99. The summed E-state index contributed by atoms with van der Waals surface area (Å²) in [6, 6.07) is 0. The average Bonchev–Trinajstić information content (AvgIpc) is 2.68. The first-order chi connectivity index (χ1) is 7.72. The quantitative estimate of drug-likeness (QED) is 0.494. The molecule has 0 radical (unpaired) electrons. The van der Waals surface area contributed by atoms with Crippen molar-refractivity contribution in [3.8, 4) is 0 Å². The summed E-state index contributed by atoms with van der Waals surface area (Å²) in [6.45, 7) is 2.38. The molecule has 1 fully saturated rings. The van der Waals surface area contributed by atoms with Gasteiger partial charge in [-0.1, -0.05) is 26.2 Å². The Morgan fingerprint density at radius 1 is 1.44 bits per heavy atom. The average molecular weight is 230 g/mol. The van der Waals surface area contributed by atoms with E-state index in [0.29, 0.717) is 6.42 Å². The molecule has 0 aromatic rings. The fraction of sp³-hybridized carbons (Fsp3) is 0.818. The minimum atomic E-state index is -0.691. The molecule has 92 valence electrons. The van der Waals surface area contributed by atoms with Crippen molar-refractivity contribution in [3.05, 3.63) is 0 Å². The molecule has 1 heterocycles. The van der Waals surface area contributed by atoms with E-state index in [-0.39, 0.29) is 19.2 Å². The molecule has 1 aliphatic heterocycles. The number of hydrogen-bond acceptors (Lipinski definition) is 5. The summed E-state index contributed by atoms with van der Waals surface area (Å²) in [5, 5.41) is 0. The predicted molar refractivity (Wildman–Crippen MR) is 55.9 cm³/mol. The maximum absolute atomic E-state index is 11.2. The van der Waals surface area contributed by atoms with Gasteiger partial charge in [0.2, 0.25) is 0 Å². The van der Waals surface area contributed by atoms with Gasteiger partial charge >= 0.3 is 12.1 Å². The van der Waals surface area contributed by atoms with Crippen molar-refractivity contribution >= 4 is 12.1 Å². The molecule has 0 amide bonds. The molecule has 1 aliphatic rings. The number of carbonyl (C=O) groups is 2. The Labute approximate surface area is 95.0 Å². The van der Waals surface area contributed by atoms with E-state index in [4.69, 9.17) is 9.47 Å². The van der Waals surface area contributed by atoms with Crippen LogP contribution < -0.4 is 0 Å². The predicted octanol–water partition coefficient (Wildman–Crippen LogP) is 2.04. The summed E-state index contributed by atoms with van der Waals surface area (Å²) in [5.41, 5.74) is 0. The lowest BCUT2D eigenvalue weighted by Gasteiger charge is -2.07. The molecular formula is C11H18O5. The van der Waals surface area contributed by atoms with Crippen molar-refractivity contribution in [2.75, 3.05) is 13.2 Å². The molecule has 1 rings (SSSR count). The van der Waals surface area contributed by atoms with Crippen LogP contribution in [0.4, 0.5) is 4.79 Å². The summed E-state index contributed by atoms with van der Waals surface area (Å²) >= 11 is 0. The Hall–Kier alpha value is -1.26. The number of esters is 1. The summed E-state index contributed by atoms with van der Waals surface area (Å²) in [7, 11) is 0. The van der Waals surface area contributed by atoms with E-state index in [2.05, 4.69) is 11.7 Å². The van der Waals surface area contributed by atoms with E-state index in [1.165, 1.54) is 0 Å². The van der Waals surface area contributed by atoms with Crippen LogP contribution in [0.1, 0.15) is 39.0 Å². The second-order valence-electron chi connectivity index (χ2n) is 3.79. The number of rotatable bonds is 7. The largest absolute Gasteiger partial charge is 0.508 e. The Morgan fingerprint density at radius 3 is 2.88 bits per heavy atom. The second kappa shape index (κ2) is 7.09. The van der Waals surface area contributed by atoms with Crippen LogP contribution in [0, 0.1) is 0 Å². The van der Waals surface area contributed by atoms with Crippen molar-refractivity contribution < 1.29 is 23.8 Å². The Kier molecular flexibility index (Phi) is 5.67. The van der Waals surface area contributed by atoms with E-state index in [1.807, 2.05) is 0 Å². The molecule has 0 spiro atoms. The first-order valence-electron chi connectivity index (χ1n) is 5.71. The Morgan fingerprint density at radius 2 is 2.25 bits per heavy atom. The van der Waals surface area contributed by atoms with Crippen LogP contribution in [0.2, 0.25) is 0 Å². The number of cyclic esters (lactones) is 2. The van der Waals surface area contributed by atoms with Gasteiger partial charge in [0, 0.05) is 6.42 Å². The lowest BCUT2D eigenvalue weighted by atomic mass is 10.2. The highest BCUT2D eigenvalue weighted by Gasteiger charge is 2.25. The van der Waals surface area contributed by atoms with Gasteiger partial charge in [-0.3, -0.25) is 4.79 Å². The van der Waals surface area contributed by atoms with Crippen LogP contribution in [-0.2, 0) is 19.0 Å². The van der Waals surface area contributed by atoms with E-state index in [9.17, 15) is 9.59 Å². The summed E-state index contributed by atoms with van der Waals surface area (Å²) in [4.78, 5) is 21.8. The van der Waals surface area contributed by atoms with E-state index in [1.54, 1.807) is 0 Å². The molecule has 0 aliphatic carbocycles. The summed E-state index contributed by atoms with van der Waals surface area (Å²) in [6.07, 6.45) is 3.49. The summed E-state index contributed by atoms with van der Waals surface area (Å²) < 4.78 is 14.2. The van der Waals surface area contributed by atoms with Crippen molar-refractivity contribution in [3.63, 3.8) is 0 Å². The molecule has 16 heavy (non-hydrogen) atoms. The molecule has 0 saturated carbocycles. The Bertz CT molecular complexity index is 239. The van der Waals surface area contributed by atoms with Gasteiger partial charge in [0.05, 0.1) is 0 Å². The third kappa shape index (κ3) is 5.00. The molecule has 0 N–H and O–H groups in total. The summed E-state index contributed by atoms with van der Waals surface area (Å²) in [5.74, 6) is -0.237. The normalized spacial score (nSPS) is 19.1. The molecule has 1 unspecified atom stereocenters. The number of ether oxygens (including phenoxy) is 3. The highest BCUT2D eigenvalue weighted by atomic mass is 16.8. The molecule has 1 atom stereocenters. The fourth-order valence-corrected chi connectivity index (χ4v) is 1.40. The number of hydrogen-bond donors (Lipinski definition) is 0. The standard InChI is InChI=1S/C11H18O5/c1-2-3-4-5-6-10(12)14-7-9-8-15-11(13)16-9/h9H,2-8H2,1H3. The van der Waals surface area contributed by atoms with E-state index < -0.39 is 12.3 Å². The molecule has 0 bridgehead atoms. The monoisotopic (exact) mass is 230 g/mol. The van der Waals surface area contributed by atoms with Crippen LogP contribution in [0.25, 0.3) is 0 Å². The van der Waals surface area contributed by atoms with Gasteiger partial charge in [-0.25, -0.2) is 4.79 Å². The third-order valence-electron chi connectivity index (χ3n) is 2.31. The fourth-order valence-electron chi connectivity index (χ4n) is 1.40. The van der Waals surface area contributed by atoms with Crippen molar-refractivity contribution in [1.29, 1.82) is 0 Å². The zero-order valence-electron chi connectivity index (χ0n) is 9.57. The molecular weight excluding hydrogens is 212 g/mol. The van der Waals surface area contributed by atoms with Crippen LogP contribution >= 0.6 is 0 Å². The van der Waals surface area contributed by atoms with Crippen LogP contribution in [-0.4, -0.2) is 31.4 Å². The first kappa shape index (κ1) is 12.8. The van der Waals surface area contributed by atoms with Gasteiger partial charge in [-0.05, 0) is 6.42 Å². The lowest BCUT2D eigenvalue weighted by Crippen LogP contribution is -2.20. The van der Waals surface area contributed by atoms with Gasteiger partial charge in [0.25, 0.3) is 0 Å². The maximum atomic E-state index is 11.2. The highest BCUT2D eigenvalue weighted by molar-refractivity contribution is 5.69. The third-order valence-corrected chi connectivity index (χ3v) is 2.31. The van der Waals surface area contributed by atoms with Crippen molar-refractivity contribution in [1.82, 2.24) is 0 Å². The van der Waals surface area contributed by atoms with Crippen LogP contribution in [0.15, 0.2) is 0 Å². The van der Waals surface area contributed by atoms with Gasteiger partial charge in [0.1, 0.15) is 13.2 Å². The molecule has 5 nitrogen and oxygen atoms in total. The lowest BCUT2D eigenvalue weighted by molar-refractivity contribution is -0.146.